The van der Waals surface area contributed by atoms with Gasteiger partial charge in [-0.15, -0.1) is 0 Å². The van der Waals surface area contributed by atoms with Gasteiger partial charge >= 0.3 is 0 Å². The molecule has 1 N–H and O–H groups in total. The van der Waals surface area contributed by atoms with Crippen LogP contribution in [0.5, 0.6) is 0 Å². The van der Waals surface area contributed by atoms with E-state index in [9.17, 15) is 0 Å². The third-order valence-electron chi connectivity index (χ3n) is 3.19. The van der Waals surface area contributed by atoms with Gasteiger partial charge in [0.15, 0.2) is 0 Å². The topological polar surface area (TPSA) is 20.2 Å². The number of aliphatic hydroxyl groups excluding tert-OH is 1. The monoisotopic (exact) mass is 226 g/mol. The summed E-state index contributed by atoms with van der Waals surface area (Å²) in [6.07, 6.45) is 9.79. The maximum atomic E-state index is 8.74. The summed E-state index contributed by atoms with van der Waals surface area (Å²) in [5.74, 6) is 1.71. The summed E-state index contributed by atoms with van der Waals surface area (Å²) in [6.45, 7) is 9.27. The molecular formula is C15H30O. The first kappa shape index (κ1) is 15.7. The lowest BCUT2D eigenvalue weighted by Crippen LogP contribution is -1.97. The van der Waals surface area contributed by atoms with Crippen molar-refractivity contribution in [3.8, 4) is 0 Å². The minimum Gasteiger partial charge on any atom is -0.392 e. The summed E-state index contributed by atoms with van der Waals surface area (Å²) in [5.41, 5.74) is 1.33. The van der Waals surface area contributed by atoms with Crippen LogP contribution in [0.2, 0.25) is 0 Å². The second-order valence-corrected chi connectivity index (χ2v) is 5.56. The van der Waals surface area contributed by atoms with Gasteiger partial charge < -0.3 is 5.11 Å². The highest BCUT2D eigenvalue weighted by atomic mass is 16.2. The Balaban J connectivity index is 3.43. The highest BCUT2D eigenvalue weighted by Gasteiger charge is 2.03. The second-order valence-electron chi connectivity index (χ2n) is 5.56. The lowest BCUT2D eigenvalue weighted by atomic mass is 9.94. The zero-order valence-corrected chi connectivity index (χ0v) is 11.6. The van der Waals surface area contributed by atoms with Crippen molar-refractivity contribution in [2.75, 3.05) is 6.61 Å². The predicted octanol–water partition coefficient (Wildman–Crippen LogP) is 4.56. The van der Waals surface area contributed by atoms with Gasteiger partial charge in [0.2, 0.25) is 0 Å². The lowest BCUT2D eigenvalue weighted by molar-refractivity contribution is 0.341. The van der Waals surface area contributed by atoms with E-state index in [4.69, 9.17) is 5.11 Å². The molecule has 0 aliphatic heterocycles. The fraction of sp³-hybridized carbons (Fsp3) is 0.867. The van der Waals surface area contributed by atoms with Crippen LogP contribution >= 0.6 is 0 Å². The molecule has 0 bridgehead atoms. The molecule has 0 saturated heterocycles. The molecule has 1 atom stereocenters. The maximum Gasteiger partial charge on any atom is 0.0614 e. The van der Waals surface area contributed by atoms with Crippen LogP contribution in [0.1, 0.15) is 66.2 Å². The van der Waals surface area contributed by atoms with E-state index in [2.05, 4.69) is 27.7 Å². The van der Waals surface area contributed by atoms with E-state index in [0.717, 1.165) is 18.3 Å². The normalized spacial score (nSPS) is 14.5. The molecule has 16 heavy (non-hydrogen) atoms. The second kappa shape index (κ2) is 9.89. The molecule has 0 aliphatic rings. The van der Waals surface area contributed by atoms with Crippen LogP contribution in [-0.4, -0.2) is 11.7 Å². The van der Waals surface area contributed by atoms with Crippen LogP contribution in [0.4, 0.5) is 0 Å². The summed E-state index contributed by atoms with van der Waals surface area (Å²) in [6, 6.07) is 0. The Labute approximate surface area is 102 Å². The fourth-order valence-corrected chi connectivity index (χ4v) is 2.01. The van der Waals surface area contributed by atoms with E-state index in [1.807, 2.05) is 6.08 Å². The van der Waals surface area contributed by atoms with Crippen LogP contribution in [0, 0.1) is 11.8 Å². The van der Waals surface area contributed by atoms with Crippen molar-refractivity contribution in [2.24, 2.45) is 11.8 Å². The Morgan fingerprint density at radius 2 is 1.69 bits per heavy atom. The molecule has 0 amide bonds. The van der Waals surface area contributed by atoms with Gasteiger partial charge in [0.25, 0.3) is 0 Å². The molecule has 0 aliphatic carbocycles. The van der Waals surface area contributed by atoms with E-state index in [0.29, 0.717) is 0 Å². The lowest BCUT2D eigenvalue weighted by Gasteiger charge is -2.12. The van der Waals surface area contributed by atoms with Crippen LogP contribution in [0.15, 0.2) is 11.6 Å². The van der Waals surface area contributed by atoms with Crippen molar-refractivity contribution >= 4 is 0 Å². The van der Waals surface area contributed by atoms with Crippen molar-refractivity contribution in [3.63, 3.8) is 0 Å². The van der Waals surface area contributed by atoms with Gasteiger partial charge in [-0.05, 0) is 31.6 Å². The zero-order valence-electron chi connectivity index (χ0n) is 11.6. The molecule has 0 saturated carbocycles. The van der Waals surface area contributed by atoms with Gasteiger partial charge in [0.05, 0.1) is 6.61 Å². The van der Waals surface area contributed by atoms with Gasteiger partial charge in [-0.1, -0.05) is 58.1 Å². The largest absolute Gasteiger partial charge is 0.392 e. The van der Waals surface area contributed by atoms with E-state index in [1.165, 1.54) is 37.7 Å². The van der Waals surface area contributed by atoms with Crippen molar-refractivity contribution in [3.05, 3.63) is 11.6 Å². The average molecular weight is 226 g/mol. The molecule has 0 aromatic rings. The molecule has 1 heteroatoms. The van der Waals surface area contributed by atoms with Gasteiger partial charge in [-0.25, -0.2) is 0 Å². The van der Waals surface area contributed by atoms with Crippen molar-refractivity contribution < 1.29 is 5.11 Å². The average Bonchev–Trinajstić information content (AvgIpc) is 2.17. The SMILES string of the molecule is C/C(=C/CO)CCC[C@H](C)CCCC(C)C. The molecule has 0 spiro atoms. The fourth-order valence-electron chi connectivity index (χ4n) is 2.01. The van der Waals surface area contributed by atoms with E-state index in [-0.39, 0.29) is 6.61 Å². The van der Waals surface area contributed by atoms with Crippen molar-refractivity contribution in [1.82, 2.24) is 0 Å². The zero-order chi connectivity index (χ0) is 12.4. The number of hydrogen-bond acceptors (Lipinski definition) is 1. The molecule has 0 aromatic carbocycles. The summed E-state index contributed by atoms with van der Waals surface area (Å²) in [5, 5.41) is 8.74. The standard InChI is InChI=1S/C15H30O/c1-13(2)7-5-8-14(3)9-6-10-15(4)11-12-16/h11,13-14,16H,5-10,12H2,1-4H3/b15-11-/t14-/m1/s1. The minimum absolute atomic E-state index is 0.190. The summed E-state index contributed by atoms with van der Waals surface area (Å²) in [4.78, 5) is 0. The first-order chi connectivity index (χ1) is 7.56. The highest BCUT2D eigenvalue weighted by Crippen LogP contribution is 2.18. The Morgan fingerprint density at radius 3 is 2.25 bits per heavy atom. The first-order valence-electron chi connectivity index (χ1n) is 6.82. The van der Waals surface area contributed by atoms with E-state index >= 15 is 0 Å². The predicted molar refractivity (Wildman–Crippen MR) is 72.5 cm³/mol. The van der Waals surface area contributed by atoms with Crippen LogP contribution in [0.25, 0.3) is 0 Å². The maximum absolute atomic E-state index is 8.74. The Kier molecular flexibility index (Phi) is 9.71. The molecule has 0 rings (SSSR count). The molecule has 0 radical (unpaired) electrons. The van der Waals surface area contributed by atoms with Crippen LogP contribution in [-0.2, 0) is 0 Å². The van der Waals surface area contributed by atoms with Crippen molar-refractivity contribution in [2.45, 2.75) is 66.2 Å². The first-order valence-corrected chi connectivity index (χ1v) is 6.82. The summed E-state index contributed by atoms with van der Waals surface area (Å²) < 4.78 is 0. The van der Waals surface area contributed by atoms with Crippen LogP contribution < -0.4 is 0 Å². The number of hydrogen-bond donors (Lipinski definition) is 1. The van der Waals surface area contributed by atoms with Crippen molar-refractivity contribution in [1.29, 1.82) is 0 Å². The quantitative estimate of drug-likeness (QED) is 0.571. The third kappa shape index (κ3) is 10.2. The number of aliphatic hydroxyl groups is 1. The van der Waals surface area contributed by atoms with Gasteiger partial charge in [0.1, 0.15) is 0 Å². The number of allylic oxidation sites excluding steroid dienone is 1. The Morgan fingerprint density at radius 1 is 1.06 bits per heavy atom. The highest BCUT2D eigenvalue weighted by molar-refractivity contribution is 4.97. The smallest absolute Gasteiger partial charge is 0.0614 e. The Bertz CT molecular complexity index is 182. The van der Waals surface area contributed by atoms with E-state index in [1.54, 1.807) is 0 Å². The minimum atomic E-state index is 0.190. The van der Waals surface area contributed by atoms with Crippen LogP contribution in [0.3, 0.4) is 0 Å². The molecule has 1 nitrogen and oxygen atoms in total. The van der Waals surface area contributed by atoms with E-state index < -0.39 is 0 Å². The molecule has 0 fully saturated rings. The summed E-state index contributed by atoms with van der Waals surface area (Å²) in [7, 11) is 0. The molecule has 0 aromatic heterocycles. The molecule has 96 valence electrons. The third-order valence-corrected chi connectivity index (χ3v) is 3.19. The molecule has 0 heterocycles. The van der Waals surface area contributed by atoms with Gasteiger partial charge in [-0.2, -0.15) is 0 Å². The number of rotatable bonds is 9. The molecular weight excluding hydrogens is 196 g/mol. The summed E-state index contributed by atoms with van der Waals surface area (Å²) >= 11 is 0. The molecule has 0 unspecified atom stereocenters. The Hall–Kier alpha value is -0.300. The van der Waals surface area contributed by atoms with Gasteiger partial charge in [0, 0.05) is 0 Å². The van der Waals surface area contributed by atoms with Gasteiger partial charge in [-0.3, -0.25) is 0 Å².